The van der Waals surface area contributed by atoms with Crippen molar-refractivity contribution >= 4 is 23.5 Å². The Balaban J connectivity index is 1.91. The van der Waals surface area contributed by atoms with Gasteiger partial charge in [-0.25, -0.2) is 9.59 Å². The lowest BCUT2D eigenvalue weighted by Crippen LogP contribution is -2.35. The molecule has 2 aromatic carbocycles. The molecule has 0 spiro atoms. The first kappa shape index (κ1) is 18.0. The molecule has 0 aliphatic rings. The third kappa shape index (κ3) is 4.83. The van der Waals surface area contributed by atoms with Gasteiger partial charge in [-0.3, -0.25) is 0 Å². The molecule has 0 heterocycles. The number of rotatable bonds is 6. The van der Waals surface area contributed by atoms with Gasteiger partial charge in [0.05, 0.1) is 11.1 Å². The lowest BCUT2D eigenvalue weighted by atomic mass is 10.1. The van der Waals surface area contributed by atoms with Crippen molar-refractivity contribution in [3.63, 3.8) is 0 Å². The fraction of sp³-hybridized carbons (Fsp3) is 0.263. The molecule has 0 N–H and O–H groups in total. The van der Waals surface area contributed by atoms with Crippen molar-refractivity contribution in [3.8, 4) is 0 Å². The van der Waals surface area contributed by atoms with Gasteiger partial charge >= 0.3 is 11.9 Å². The molecular formula is C19H19ClO4. The van der Waals surface area contributed by atoms with Gasteiger partial charge in [0.2, 0.25) is 0 Å². The molecule has 0 aromatic heterocycles. The number of halogens is 1. The third-order valence-electron chi connectivity index (χ3n) is 3.50. The van der Waals surface area contributed by atoms with Crippen LogP contribution in [0.1, 0.15) is 34.6 Å². The van der Waals surface area contributed by atoms with Gasteiger partial charge in [0.15, 0.2) is 0 Å². The van der Waals surface area contributed by atoms with Crippen LogP contribution in [0.15, 0.2) is 60.7 Å². The molecule has 24 heavy (non-hydrogen) atoms. The van der Waals surface area contributed by atoms with Crippen molar-refractivity contribution in [2.75, 3.05) is 0 Å². The zero-order chi connectivity index (χ0) is 17.5. The summed E-state index contributed by atoms with van der Waals surface area (Å²) in [5, 5.41) is -0.662. The summed E-state index contributed by atoms with van der Waals surface area (Å²) >= 11 is 6.29. The Bertz CT molecular complexity index is 613. The Kier molecular flexibility index (Phi) is 6.38. The quantitative estimate of drug-likeness (QED) is 0.584. The number of alkyl halides is 1. The summed E-state index contributed by atoms with van der Waals surface area (Å²) in [5.74, 6) is -0.925. The fourth-order valence-corrected chi connectivity index (χ4v) is 2.24. The Morgan fingerprint density at radius 1 is 0.750 bits per heavy atom. The van der Waals surface area contributed by atoms with Crippen LogP contribution in [-0.4, -0.2) is 29.5 Å². The van der Waals surface area contributed by atoms with E-state index in [0.717, 1.165) is 0 Å². The fourth-order valence-electron chi connectivity index (χ4n) is 2.13. The van der Waals surface area contributed by atoms with Gasteiger partial charge in [-0.2, -0.15) is 0 Å². The number of hydrogen-bond donors (Lipinski definition) is 0. The molecular weight excluding hydrogens is 328 g/mol. The van der Waals surface area contributed by atoms with Crippen LogP contribution in [0.2, 0.25) is 0 Å². The minimum absolute atomic E-state index is 0.446. The first-order chi connectivity index (χ1) is 11.5. The maximum Gasteiger partial charge on any atom is 0.338 e. The van der Waals surface area contributed by atoms with E-state index in [1.54, 1.807) is 62.4 Å². The van der Waals surface area contributed by atoms with E-state index in [4.69, 9.17) is 21.1 Å². The van der Waals surface area contributed by atoms with Gasteiger partial charge in [-0.05, 0) is 38.1 Å². The van der Waals surface area contributed by atoms with Gasteiger partial charge in [0, 0.05) is 0 Å². The van der Waals surface area contributed by atoms with Gasteiger partial charge < -0.3 is 9.47 Å². The second-order valence-electron chi connectivity index (χ2n) is 5.40. The van der Waals surface area contributed by atoms with Crippen LogP contribution in [0, 0.1) is 0 Å². The summed E-state index contributed by atoms with van der Waals surface area (Å²) in [7, 11) is 0. The number of benzene rings is 2. The van der Waals surface area contributed by atoms with Crippen molar-refractivity contribution < 1.29 is 19.1 Å². The molecule has 4 nitrogen and oxygen atoms in total. The van der Waals surface area contributed by atoms with Crippen LogP contribution in [0.25, 0.3) is 0 Å². The molecule has 2 aromatic rings. The molecule has 3 atom stereocenters. The minimum atomic E-state index is -0.662. The predicted molar refractivity (Wildman–Crippen MR) is 92.3 cm³/mol. The maximum atomic E-state index is 12.0. The van der Waals surface area contributed by atoms with E-state index in [9.17, 15) is 9.59 Å². The van der Waals surface area contributed by atoms with E-state index in [0.29, 0.717) is 11.1 Å². The summed E-state index contributed by atoms with van der Waals surface area (Å²) < 4.78 is 10.7. The van der Waals surface area contributed by atoms with Crippen molar-refractivity contribution in [2.45, 2.75) is 31.4 Å². The smallest absolute Gasteiger partial charge is 0.338 e. The van der Waals surface area contributed by atoms with Gasteiger partial charge in [0.1, 0.15) is 17.6 Å². The summed E-state index contributed by atoms with van der Waals surface area (Å²) in [6.45, 7) is 3.34. The van der Waals surface area contributed by atoms with Crippen molar-refractivity contribution in [3.05, 3.63) is 71.8 Å². The molecule has 0 radical (unpaired) electrons. The van der Waals surface area contributed by atoms with E-state index in [1.165, 1.54) is 0 Å². The Labute approximate surface area is 146 Å². The first-order valence-corrected chi connectivity index (χ1v) is 8.09. The summed E-state index contributed by atoms with van der Waals surface area (Å²) in [5.41, 5.74) is 0.893. The van der Waals surface area contributed by atoms with Gasteiger partial charge in [-0.15, -0.1) is 11.6 Å². The van der Waals surface area contributed by atoms with Crippen molar-refractivity contribution in [1.82, 2.24) is 0 Å². The molecule has 0 saturated carbocycles. The Hall–Kier alpha value is -2.33. The predicted octanol–water partition coefficient (Wildman–Crippen LogP) is 4.08. The van der Waals surface area contributed by atoms with E-state index in [1.807, 2.05) is 12.1 Å². The Morgan fingerprint density at radius 2 is 1.08 bits per heavy atom. The molecule has 0 bridgehead atoms. The second-order valence-corrected chi connectivity index (χ2v) is 5.90. The van der Waals surface area contributed by atoms with Crippen LogP contribution in [-0.2, 0) is 9.47 Å². The molecule has 126 valence electrons. The van der Waals surface area contributed by atoms with Crippen LogP contribution in [0.3, 0.4) is 0 Å². The monoisotopic (exact) mass is 346 g/mol. The standard InChI is InChI=1S/C19H19ClO4/c1-13(23-18(21)15-9-5-3-6-10-15)17(20)14(2)24-19(22)16-11-7-4-8-12-16/h3-14,17H,1-2H3/t13-,14+,17?. The van der Waals surface area contributed by atoms with E-state index in [-0.39, 0.29) is 0 Å². The highest BCUT2D eigenvalue weighted by Crippen LogP contribution is 2.17. The number of carbonyl (C=O) groups excluding carboxylic acids is 2. The minimum Gasteiger partial charge on any atom is -0.457 e. The van der Waals surface area contributed by atoms with Crippen LogP contribution in [0.5, 0.6) is 0 Å². The first-order valence-electron chi connectivity index (χ1n) is 7.65. The van der Waals surface area contributed by atoms with E-state index in [2.05, 4.69) is 0 Å². The van der Waals surface area contributed by atoms with Crippen LogP contribution < -0.4 is 0 Å². The summed E-state index contributed by atoms with van der Waals surface area (Å²) in [4.78, 5) is 24.1. The molecule has 0 amide bonds. The molecule has 5 heteroatoms. The largest absolute Gasteiger partial charge is 0.457 e. The zero-order valence-corrected chi connectivity index (χ0v) is 14.3. The average Bonchev–Trinajstić information content (AvgIpc) is 2.62. The van der Waals surface area contributed by atoms with Crippen LogP contribution >= 0.6 is 11.6 Å². The maximum absolute atomic E-state index is 12.0. The highest BCUT2D eigenvalue weighted by atomic mass is 35.5. The average molecular weight is 347 g/mol. The zero-order valence-electron chi connectivity index (χ0n) is 13.5. The van der Waals surface area contributed by atoms with Crippen LogP contribution in [0.4, 0.5) is 0 Å². The Morgan fingerprint density at radius 3 is 1.42 bits per heavy atom. The van der Waals surface area contributed by atoms with E-state index < -0.39 is 29.5 Å². The number of carbonyl (C=O) groups is 2. The van der Waals surface area contributed by atoms with Crippen molar-refractivity contribution in [2.24, 2.45) is 0 Å². The molecule has 0 aliphatic heterocycles. The molecule has 0 fully saturated rings. The lowest BCUT2D eigenvalue weighted by molar-refractivity contribution is 0.00956. The number of hydrogen-bond acceptors (Lipinski definition) is 4. The molecule has 1 unspecified atom stereocenters. The normalized spacial score (nSPS) is 14.3. The highest BCUT2D eigenvalue weighted by Gasteiger charge is 2.28. The molecule has 0 saturated heterocycles. The van der Waals surface area contributed by atoms with Crippen molar-refractivity contribution in [1.29, 1.82) is 0 Å². The molecule has 0 aliphatic carbocycles. The van der Waals surface area contributed by atoms with Gasteiger partial charge in [-0.1, -0.05) is 36.4 Å². The summed E-state index contributed by atoms with van der Waals surface area (Å²) in [6, 6.07) is 17.3. The molecule has 2 rings (SSSR count). The SMILES string of the molecule is C[C@H](OC(=O)c1ccccc1)C(Cl)[C@@H](C)OC(=O)c1ccccc1. The number of ether oxygens (including phenoxy) is 2. The van der Waals surface area contributed by atoms with E-state index >= 15 is 0 Å². The second kappa shape index (κ2) is 8.50. The summed E-state index contributed by atoms with van der Waals surface area (Å²) in [6.07, 6.45) is -1.23. The third-order valence-corrected chi connectivity index (χ3v) is 4.21. The lowest BCUT2D eigenvalue weighted by Gasteiger charge is -2.24. The number of esters is 2. The topological polar surface area (TPSA) is 52.6 Å². The highest BCUT2D eigenvalue weighted by molar-refractivity contribution is 6.21. The van der Waals surface area contributed by atoms with Gasteiger partial charge in [0.25, 0.3) is 0 Å².